The Morgan fingerprint density at radius 2 is 1.96 bits per heavy atom. The van der Waals surface area contributed by atoms with Crippen molar-refractivity contribution < 1.29 is 9.59 Å². The van der Waals surface area contributed by atoms with Crippen molar-refractivity contribution in [3.05, 3.63) is 45.4 Å². The van der Waals surface area contributed by atoms with Gasteiger partial charge in [-0.2, -0.15) is 4.68 Å². The molecule has 0 atom stereocenters. The fourth-order valence-corrected chi connectivity index (χ4v) is 2.62. The van der Waals surface area contributed by atoms with Crippen LogP contribution in [0.4, 0.5) is 10.5 Å². The van der Waals surface area contributed by atoms with Crippen LogP contribution in [0.1, 0.15) is 16.8 Å². The summed E-state index contributed by atoms with van der Waals surface area (Å²) in [5, 5.41) is 12.3. The third kappa shape index (κ3) is 4.80. The molecule has 0 aliphatic carbocycles. The fourth-order valence-electron chi connectivity index (χ4n) is 1.97. The summed E-state index contributed by atoms with van der Waals surface area (Å²) in [6.45, 7) is 5.29. The van der Waals surface area contributed by atoms with Crippen LogP contribution in [0.15, 0.2) is 28.2 Å². The number of nitrogens with two attached hydrogens (primary N) is 1. The van der Waals surface area contributed by atoms with Crippen molar-refractivity contribution in [3.63, 3.8) is 0 Å². The van der Waals surface area contributed by atoms with Crippen LogP contribution in [-0.2, 0) is 4.79 Å². The summed E-state index contributed by atoms with van der Waals surface area (Å²) in [7, 11) is 0. The summed E-state index contributed by atoms with van der Waals surface area (Å²) in [6.07, 6.45) is 0. The first-order valence-corrected chi connectivity index (χ1v) is 8.28. The number of nitrogen functional groups attached to an aromatic ring is 1. The lowest BCUT2D eigenvalue weighted by atomic mass is 10.1. The second-order valence-electron chi connectivity index (χ2n) is 5.35. The lowest BCUT2D eigenvalue weighted by Crippen LogP contribution is -2.36. The van der Waals surface area contributed by atoms with E-state index in [-0.39, 0.29) is 16.6 Å². The number of aromatic nitrogens is 3. The van der Waals surface area contributed by atoms with Crippen LogP contribution in [0, 0.1) is 20.8 Å². The molecule has 1 heterocycles. The van der Waals surface area contributed by atoms with Gasteiger partial charge in [0.2, 0.25) is 11.1 Å². The molecule has 0 aliphatic heterocycles. The summed E-state index contributed by atoms with van der Waals surface area (Å²) in [5.74, 6) is 4.87. The topological polar surface area (TPSA) is 132 Å². The van der Waals surface area contributed by atoms with Crippen LogP contribution in [0.5, 0.6) is 0 Å². The molecule has 0 saturated carbocycles. The molecule has 2 aromatic rings. The number of urea groups is 1. The molecule has 2 rings (SSSR count). The third-order valence-electron chi connectivity index (χ3n) is 3.24. The van der Waals surface area contributed by atoms with Crippen LogP contribution >= 0.6 is 11.8 Å². The number of thioether (sulfide) groups is 1. The summed E-state index contributed by atoms with van der Waals surface area (Å²) >= 11 is 0.904. The Bertz CT molecular complexity index is 880. The molecule has 0 aliphatic rings. The third-order valence-corrected chi connectivity index (χ3v) is 4.18. The van der Waals surface area contributed by atoms with Crippen molar-refractivity contribution in [3.8, 4) is 0 Å². The minimum Gasteiger partial charge on any atom is -0.334 e. The molecular formula is C15H18N6O3S. The average molecular weight is 362 g/mol. The maximum Gasteiger partial charge on any atom is 0.325 e. The number of benzene rings is 1. The van der Waals surface area contributed by atoms with Crippen molar-refractivity contribution in [2.75, 3.05) is 16.9 Å². The number of hydrogen-bond acceptors (Lipinski definition) is 7. The van der Waals surface area contributed by atoms with Gasteiger partial charge in [-0.1, -0.05) is 29.5 Å². The Labute approximate surface area is 148 Å². The molecule has 9 nitrogen and oxygen atoms in total. The van der Waals surface area contributed by atoms with Gasteiger partial charge >= 0.3 is 6.03 Å². The van der Waals surface area contributed by atoms with Gasteiger partial charge in [0, 0.05) is 5.69 Å². The lowest BCUT2D eigenvalue weighted by molar-refractivity contribution is -0.117. The van der Waals surface area contributed by atoms with Crippen LogP contribution < -0.4 is 22.0 Å². The van der Waals surface area contributed by atoms with Gasteiger partial charge in [0.05, 0.1) is 5.75 Å². The van der Waals surface area contributed by atoms with Gasteiger partial charge in [-0.25, -0.2) is 4.79 Å². The van der Waals surface area contributed by atoms with Crippen LogP contribution in [0.3, 0.4) is 0 Å². The number of nitrogens with one attached hydrogen (secondary N) is 2. The molecule has 25 heavy (non-hydrogen) atoms. The minimum absolute atomic E-state index is 0.0838. The highest BCUT2D eigenvalue weighted by molar-refractivity contribution is 7.99. The highest BCUT2D eigenvalue weighted by atomic mass is 32.2. The normalized spacial score (nSPS) is 10.4. The second kappa shape index (κ2) is 7.79. The van der Waals surface area contributed by atoms with E-state index in [4.69, 9.17) is 5.84 Å². The number of carbonyl (C=O) groups excluding carboxylic acids is 2. The summed E-state index contributed by atoms with van der Waals surface area (Å²) in [4.78, 5) is 35.4. The molecule has 0 fully saturated rings. The van der Waals surface area contributed by atoms with Crippen molar-refractivity contribution in [1.82, 2.24) is 20.2 Å². The van der Waals surface area contributed by atoms with Gasteiger partial charge < -0.3 is 11.2 Å². The highest BCUT2D eigenvalue weighted by Crippen LogP contribution is 2.16. The van der Waals surface area contributed by atoms with E-state index in [1.807, 2.05) is 26.0 Å². The first kappa shape index (κ1) is 18.5. The maximum absolute atomic E-state index is 11.9. The number of aryl methyl sites for hydroxylation is 3. The predicted octanol–water partition coefficient (Wildman–Crippen LogP) is 0.718. The molecule has 0 bridgehead atoms. The second-order valence-corrected chi connectivity index (χ2v) is 6.29. The minimum atomic E-state index is -0.641. The SMILES string of the molecule is Cc1ccc(NC(=O)NC(=O)CSc2nnc(C)c(=O)n2N)c(C)c1. The Kier molecular flexibility index (Phi) is 5.75. The van der Waals surface area contributed by atoms with Crippen molar-refractivity contribution >= 4 is 29.4 Å². The van der Waals surface area contributed by atoms with Crippen molar-refractivity contribution in [2.24, 2.45) is 0 Å². The maximum atomic E-state index is 11.9. The number of imide groups is 1. The van der Waals surface area contributed by atoms with Gasteiger partial charge in [0.1, 0.15) is 5.69 Å². The summed E-state index contributed by atoms with van der Waals surface area (Å²) < 4.78 is 0.815. The van der Waals surface area contributed by atoms with E-state index >= 15 is 0 Å². The average Bonchev–Trinajstić information content (AvgIpc) is 2.54. The number of nitrogens with zero attached hydrogens (tertiary/aromatic N) is 3. The molecular weight excluding hydrogens is 344 g/mol. The van der Waals surface area contributed by atoms with E-state index < -0.39 is 17.5 Å². The number of carbonyl (C=O) groups is 2. The van der Waals surface area contributed by atoms with Gasteiger partial charge in [-0.15, -0.1) is 10.2 Å². The largest absolute Gasteiger partial charge is 0.334 e. The molecule has 0 saturated heterocycles. The standard InChI is InChI=1S/C15H18N6O3S/c1-8-4-5-11(9(2)6-8)17-14(24)18-12(22)7-25-15-20-19-10(3)13(23)21(15)16/h4-6H,7,16H2,1-3H3,(H2,17,18,22,24). The van der Waals surface area contributed by atoms with Gasteiger partial charge in [0.25, 0.3) is 5.56 Å². The van der Waals surface area contributed by atoms with Crippen molar-refractivity contribution in [2.45, 2.75) is 25.9 Å². The smallest absolute Gasteiger partial charge is 0.325 e. The molecule has 3 amide bonds. The molecule has 4 N–H and O–H groups in total. The Morgan fingerprint density at radius 1 is 1.24 bits per heavy atom. The van der Waals surface area contributed by atoms with Gasteiger partial charge in [0.15, 0.2) is 0 Å². The Balaban J connectivity index is 1.91. The zero-order chi connectivity index (χ0) is 18.6. The Morgan fingerprint density at radius 3 is 2.64 bits per heavy atom. The van der Waals surface area contributed by atoms with E-state index in [0.717, 1.165) is 27.6 Å². The van der Waals surface area contributed by atoms with Crippen LogP contribution in [-0.4, -0.2) is 32.6 Å². The monoisotopic (exact) mass is 362 g/mol. The van der Waals surface area contributed by atoms with Gasteiger partial charge in [-0.05, 0) is 32.4 Å². The Hall–Kier alpha value is -2.88. The van der Waals surface area contributed by atoms with Crippen LogP contribution in [0.25, 0.3) is 0 Å². The van der Waals surface area contributed by atoms with E-state index in [1.54, 1.807) is 6.07 Å². The molecule has 1 aromatic carbocycles. The van der Waals surface area contributed by atoms with E-state index in [0.29, 0.717) is 5.69 Å². The predicted molar refractivity (Wildman–Crippen MR) is 95.0 cm³/mol. The zero-order valence-electron chi connectivity index (χ0n) is 14.0. The summed E-state index contributed by atoms with van der Waals surface area (Å²) in [5.41, 5.74) is 2.24. The fraction of sp³-hybridized carbons (Fsp3) is 0.267. The first-order chi connectivity index (χ1) is 11.8. The molecule has 0 unspecified atom stereocenters. The first-order valence-electron chi connectivity index (χ1n) is 7.30. The number of anilines is 1. The quantitative estimate of drug-likeness (QED) is 0.539. The van der Waals surface area contributed by atoms with Crippen molar-refractivity contribution in [1.29, 1.82) is 0 Å². The number of hydrogen-bond donors (Lipinski definition) is 3. The highest BCUT2D eigenvalue weighted by Gasteiger charge is 2.13. The molecule has 132 valence electrons. The molecule has 1 aromatic heterocycles. The molecule has 0 spiro atoms. The molecule has 10 heteroatoms. The van der Waals surface area contributed by atoms with Gasteiger partial charge in [-0.3, -0.25) is 14.9 Å². The zero-order valence-corrected chi connectivity index (χ0v) is 14.8. The summed E-state index contributed by atoms with van der Waals surface area (Å²) in [6, 6.07) is 4.90. The van der Waals surface area contributed by atoms with E-state index in [1.165, 1.54) is 6.92 Å². The van der Waals surface area contributed by atoms with E-state index in [9.17, 15) is 14.4 Å². The van der Waals surface area contributed by atoms with E-state index in [2.05, 4.69) is 20.8 Å². The molecule has 0 radical (unpaired) electrons. The van der Waals surface area contributed by atoms with Crippen LogP contribution in [0.2, 0.25) is 0 Å². The number of amides is 3. The lowest BCUT2D eigenvalue weighted by Gasteiger charge is -2.10. The number of rotatable bonds is 4.